The first-order valence-electron chi connectivity index (χ1n) is 4.46. The highest BCUT2D eigenvalue weighted by Gasteiger charge is 2.05. The summed E-state index contributed by atoms with van der Waals surface area (Å²) < 4.78 is 14.1. The van der Waals surface area contributed by atoms with Crippen molar-refractivity contribution in [3.8, 4) is 0 Å². The zero-order valence-corrected chi connectivity index (χ0v) is 9.72. The smallest absolute Gasteiger partial charge is 0.128 e. The second-order valence-corrected chi connectivity index (χ2v) is 4.18. The molecule has 0 fully saturated rings. The molecule has 78 valence electrons. The molecule has 1 rings (SSSR count). The van der Waals surface area contributed by atoms with E-state index in [2.05, 4.69) is 15.9 Å². The van der Waals surface area contributed by atoms with Gasteiger partial charge in [0.25, 0.3) is 0 Å². The summed E-state index contributed by atoms with van der Waals surface area (Å²) in [6.07, 6.45) is 0. The molecule has 0 amide bonds. The van der Waals surface area contributed by atoms with Gasteiger partial charge in [0.05, 0.1) is 0 Å². The van der Waals surface area contributed by atoms with Crippen LogP contribution in [-0.4, -0.2) is 25.0 Å². The average Bonchev–Trinajstić information content (AvgIpc) is 2.10. The molecule has 2 N–H and O–H groups in total. The maximum absolute atomic E-state index is 13.4. The lowest BCUT2D eigenvalue weighted by atomic mass is 10.2. The molecule has 2 nitrogen and oxygen atoms in total. The molecular weight excluding hydrogens is 247 g/mol. The van der Waals surface area contributed by atoms with Crippen LogP contribution in [0.2, 0.25) is 0 Å². The zero-order valence-electron chi connectivity index (χ0n) is 8.13. The van der Waals surface area contributed by atoms with Gasteiger partial charge >= 0.3 is 0 Å². The topological polar surface area (TPSA) is 29.3 Å². The van der Waals surface area contributed by atoms with Crippen LogP contribution >= 0.6 is 15.9 Å². The van der Waals surface area contributed by atoms with Gasteiger partial charge in [-0.1, -0.05) is 22.0 Å². The Balaban J connectivity index is 2.67. The first-order valence-corrected chi connectivity index (χ1v) is 5.25. The van der Waals surface area contributed by atoms with E-state index < -0.39 is 0 Å². The summed E-state index contributed by atoms with van der Waals surface area (Å²) in [5.74, 6) is -0.178. The summed E-state index contributed by atoms with van der Waals surface area (Å²) in [6, 6.07) is 5.10. The van der Waals surface area contributed by atoms with E-state index in [1.54, 1.807) is 6.07 Å². The minimum atomic E-state index is -0.178. The fourth-order valence-electron chi connectivity index (χ4n) is 1.24. The van der Waals surface area contributed by atoms with Gasteiger partial charge in [0, 0.05) is 29.7 Å². The summed E-state index contributed by atoms with van der Waals surface area (Å²) in [5, 5.41) is 0. The molecule has 0 saturated carbocycles. The molecule has 0 saturated heterocycles. The van der Waals surface area contributed by atoms with Gasteiger partial charge in [0.15, 0.2) is 0 Å². The number of benzene rings is 1. The van der Waals surface area contributed by atoms with E-state index in [-0.39, 0.29) is 5.82 Å². The molecule has 1 aromatic rings. The Kier molecular flexibility index (Phi) is 4.51. The average molecular weight is 261 g/mol. The third-order valence-electron chi connectivity index (χ3n) is 1.97. The maximum Gasteiger partial charge on any atom is 0.128 e. The van der Waals surface area contributed by atoms with Crippen molar-refractivity contribution in [3.05, 3.63) is 34.1 Å². The van der Waals surface area contributed by atoms with E-state index in [1.807, 2.05) is 18.0 Å². The normalized spacial score (nSPS) is 10.9. The fourth-order valence-corrected chi connectivity index (χ4v) is 1.57. The van der Waals surface area contributed by atoms with E-state index in [1.165, 1.54) is 6.07 Å². The summed E-state index contributed by atoms with van der Waals surface area (Å²) in [4.78, 5) is 1.99. The third-order valence-corrected chi connectivity index (χ3v) is 2.46. The molecule has 0 aliphatic rings. The Morgan fingerprint density at radius 2 is 2.21 bits per heavy atom. The van der Waals surface area contributed by atoms with Gasteiger partial charge in [-0.05, 0) is 19.2 Å². The van der Waals surface area contributed by atoms with E-state index in [9.17, 15) is 4.39 Å². The first kappa shape index (κ1) is 11.6. The molecular formula is C10H14BrFN2. The van der Waals surface area contributed by atoms with Crippen LogP contribution in [0.25, 0.3) is 0 Å². The fraction of sp³-hybridized carbons (Fsp3) is 0.400. The van der Waals surface area contributed by atoms with Gasteiger partial charge in [-0.25, -0.2) is 4.39 Å². The van der Waals surface area contributed by atoms with Crippen molar-refractivity contribution in [1.29, 1.82) is 0 Å². The highest BCUT2D eigenvalue weighted by atomic mass is 79.9. The van der Waals surface area contributed by atoms with Crippen molar-refractivity contribution in [1.82, 2.24) is 4.90 Å². The molecule has 0 atom stereocenters. The largest absolute Gasteiger partial charge is 0.329 e. The number of likely N-dealkylation sites (N-methyl/N-ethyl adjacent to an activating group) is 1. The highest BCUT2D eigenvalue weighted by molar-refractivity contribution is 9.10. The standard InChI is InChI=1S/C10H14BrFN2/c1-14(5-4-13)7-8-2-3-9(11)6-10(8)12/h2-3,6H,4-5,7,13H2,1H3. The van der Waals surface area contributed by atoms with Crippen molar-refractivity contribution in [3.63, 3.8) is 0 Å². The van der Waals surface area contributed by atoms with Crippen molar-refractivity contribution in [2.24, 2.45) is 5.73 Å². The molecule has 0 radical (unpaired) electrons. The minimum Gasteiger partial charge on any atom is -0.329 e. The van der Waals surface area contributed by atoms with Crippen LogP contribution in [0.4, 0.5) is 4.39 Å². The Hall–Kier alpha value is -0.450. The Labute approximate surface area is 92.0 Å². The number of rotatable bonds is 4. The number of hydrogen-bond acceptors (Lipinski definition) is 2. The minimum absolute atomic E-state index is 0.178. The molecule has 0 aliphatic heterocycles. The summed E-state index contributed by atoms with van der Waals surface area (Å²) in [6.45, 7) is 1.96. The van der Waals surface area contributed by atoms with Gasteiger partial charge < -0.3 is 10.6 Å². The molecule has 0 aromatic heterocycles. The Morgan fingerprint density at radius 3 is 2.79 bits per heavy atom. The van der Waals surface area contributed by atoms with Crippen LogP contribution in [0.1, 0.15) is 5.56 Å². The van der Waals surface area contributed by atoms with E-state index in [0.717, 1.165) is 11.0 Å². The predicted octanol–water partition coefficient (Wildman–Crippen LogP) is 1.98. The lowest BCUT2D eigenvalue weighted by molar-refractivity contribution is 0.330. The molecule has 0 heterocycles. The van der Waals surface area contributed by atoms with Gasteiger partial charge in [0.2, 0.25) is 0 Å². The van der Waals surface area contributed by atoms with Crippen LogP contribution < -0.4 is 5.73 Å². The summed E-state index contributed by atoms with van der Waals surface area (Å²) >= 11 is 3.22. The van der Waals surface area contributed by atoms with Gasteiger partial charge in [-0.3, -0.25) is 0 Å². The predicted molar refractivity (Wildman–Crippen MR) is 59.5 cm³/mol. The quantitative estimate of drug-likeness (QED) is 0.898. The SMILES string of the molecule is CN(CCN)Cc1ccc(Br)cc1F. The van der Waals surface area contributed by atoms with Crippen LogP contribution in [0, 0.1) is 5.82 Å². The second-order valence-electron chi connectivity index (χ2n) is 3.26. The summed E-state index contributed by atoms with van der Waals surface area (Å²) in [7, 11) is 1.92. The monoisotopic (exact) mass is 260 g/mol. The molecule has 0 unspecified atom stereocenters. The van der Waals surface area contributed by atoms with Crippen LogP contribution in [0.5, 0.6) is 0 Å². The number of nitrogens with two attached hydrogens (primary N) is 1. The van der Waals surface area contributed by atoms with E-state index in [4.69, 9.17) is 5.73 Å². The van der Waals surface area contributed by atoms with Gasteiger partial charge in [0.1, 0.15) is 5.82 Å². The van der Waals surface area contributed by atoms with E-state index in [0.29, 0.717) is 18.7 Å². The van der Waals surface area contributed by atoms with Gasteiger partial charge in [-0.15, -0.1) is 0 Å². The van der Waals surface area contributed by atoms with Crippen molar-refractivity contribution >= 4 is 15.9 Å². The lowest BCUT2D eigenvalue weighted by Gasteiger charge is -2.15. The van der Waals surface area contributed by atoms with Crippen molar-refractivity contribution in [2.75, 3.05) is 20.1 Å². The van der Waals surface area contributed by atoms with Crippen LogP contribution in [0.15, 0.2) is 22.7 Å². The molecule has 14 heavy (non-hydrogen) atoms. The highest BCUT2D eigenvalue weighted by Crippen LogP contribution is 2.16. The third kappa shape index (κ3) is 3.36. The number of hydrogen-bond donors (Lipinski definition) is 1. The Bertz CT molecular complexity index is 304. The summed E-state index contributed by atoms with van der Waals surface area (Å²) in [5.41, 5.74) is 6.10. The maximum atomic E-state index is 13.4. The van der Waals surface area contributed by atoms with Crippen molar-refractivity contribution in [2.45, 2.75) is 6.54 Å². The molecule has 0 aliphatic carbocycles. The van der Waals surface area contributed by atoms with Crippen LogP contribution in [-0.2, 0) is 6.54 Å². The first-order chi connectivity index (χ1) is 6.63. The molecule has 0 spiro atoms. The molecule has 0 bridgehead atoms. The Morgan fingerprint density at radius 1 is 1.50 bits per heavy atom. The molecule has 1 aromatic carbocycles. The van der Waals surface area contributed by atoms with E-state index >= 15 is 0 Å². The zero-order chi connectivity index (χ0) is 10.6. The molecule has 4 heteroatoms. The van der Waals surface area contributed by atoms with Crippen molar-refractivity contribution < 1.29 is 4.39 Å². The van der Waals surface area contributed by atoms with Gasteiger partial charge in [-0.2, -0.15) is 0 Å². The second kappa shape index (κ2) is 5.44. The number of nitrogens with zero attached hydrogens (tertiary/aromatic N) is 1. The van der Waals surface area contributed by atoms with Crippen LogP contribution in [0.3, 0.4) is 0 Å². The lowest BCUT2D eigenvalue weighted by Crippen LogP contribution is -2.25. The number of halogens is 2.